The van der Waals surface area contributed by atoms with E-state index in [0.29, 0.717) is 25.9 Å². The standard InChI is InChI=1S/C17H24FN3O3S/c1-13-11-19-8-10-21(13)17(22)14-3-2-9-20(12-14)25(23,24)16-6-4-15(18)5-7-16/h4-7,13-14,19H,2-3,8-12H2,1H3. The second-order valence-corrected chi connectivity index (χ2v) is 8.68. The van der Waals surface area contributed by atoms with Gasteiger partial charge in [-0.15, -0.1) is 0 Å². The molecule has 0 radical (unpaired) electrons. The molecule has 2 aliphatic heterocycles. The van der Waals surface area contributed by atoms with Crippen LogP contribution in [0.3, 0.4) is 0 Å². The normalized spacial score (nSPS) is 25.8. The molecule has 8 heteroatoms. The number of rotatable bonds is 3. The number of halogens is 1. The van der Waals surface area contributed by atoms with Crippen LogP contribution in [-0.2, 0) is 14.8 Å². The van der Waals surface area contributed by atoms with Crippen molar-refractivity contribution in [2.24, 2.45) is 5.92 Å². The van der Waals surface area contributed by atoms with Crippen molar-refractivity contribution >= 4 is 15.9 Å². The first kappa shape index (κ1) is 18.3. The molecular formula is C17H24FN3O3S. The third-order valence-corrected chi connectivity index (χ3v) is 6.85. The van der Waals surface area contributed by atoms with E-state index >= 15 is 0 Å². The second kappa shape index (κ2) is 7.39. The summed E-state index contributed by atoms with van der Waals surface area (Å²) in [7, 11) is -3.71. The average Bonchev–Trinajstić information content (AvgIpc) is 2.62. The van der Waals surface area contributed by atoms with Gasteiger partial charge in [0.2, 0.25) is 15.9 Å². The first-order valence-electron chi connectivity index (χ1n) is 8.66. The molecule has 0 saturated carbocycles. The van der Waals surface area contributed by atoms with Gasteiger partial charge in [-0.05, 0) is 44.0 Å². The lowest BCUT2D eigenvalue weighted by molar-refractivity contribution is -0.139. The molecule has 2 aliphatic rings. The molecule has 6 nitrogen and oxygen atoms in total. The molecule has 0 bridgehead atoms. The highest BCUT2D eigenvalue weighted by atomic mass is 32.2. The van der Waals surface area contributed by atoms with E-state index in [9.17, 15) is 17.6 Å². The summed E-state index contributed by atoms with van der Waals surface area (Å²) in [6.45, 7) is 4.76. The van der Waals surface area contributed by atoms with Crippen LogP contribution < -0.4 is 5.32 Å². The fraction of sp³-hybridized carbons (Fsp3) is 0.588. The van der Waals surface area contributed by atoms with Crippen molar-refractivity contribution in [2.45, 2.75) is 30.7 Å². The Morgan fingerprint density at radius 3 is 2.64 bits per heavy atom. The van der Waals surface area contributed by atoms with Gasteiger partial charge in [-0.3, -0.25) is 4.79 Å². The number of carbonyl (C=O) groups excluding carboxylic acids is 1. The Labute approximate surface area is 148 Å². The Bertz CT molecular complexity index is 723. The van der Waals surface area contributed by atoms with Crippen LogP contribution in [0.1, 0.15) is 19.8 Å². The van der Waals surface area contributed by atoms with Gasteiger partial charge in [0.15, 0.2) is 0 Å². The van der Waals surface area contributed by atoms with Crippen LogP contribution in [0.25, 0.3) is 0 Å². The van der Waals surface area contributed by atoms with Crippen LogP contribution in [0.5, 0.6) is 0 Å². The van der Waals surface area contributed by atoms with Gasteiger partial charge in [0.05, 0.1) is 10.8 Å². The van der Waals surface area contributed by atoms with Gasteiger partial charge in [-0.2, -0.15) is 4.31 Å². The van der Waals surface area contributed by atoms with Gasteiger partial charge >= 0.3 is 0 Å². The number of sulfonamides is 1. The van der Waals surface area contributed by atoms with Crippen LogP contribution in [0.4, 0.5) is 4.39 Å². The quantitative estimate of drug-likeness (QED) is 0.865. The van der Waals surface area contributed by atoms with Crippen molar-refractivity contribution in [1.82, 2.24) is 14.5 Å². The van der Waals surface area contributed by atoms with Crippen molar-refractivity contribution in [3.63, 3.8) is 0 Å². The molecule has 1 aromatic rings. The number of nitrogens with one attached hydrogen (secondary N) is 1. The number of piperidine rings is 1. The highest BCUT2D eigenvalue weighted by Crippen LogP contribution is 2.26. The summed E-state index contributed by atoms with van der Waals surface area (Å²) >= 11 is 0. The minimum absolute atomic E-state index is 0.0352. The van der Waals surface area contributed by atoms with Crippen molar-refractivity contribution in [3.8, 4) is 0 Å². The molecule has 138 valence electrons. The van der Waals surface area contributed by atoms with Crippen molar-refractivity contribution in [2.75, 3.05) is 32.7 Å². The summed E-state index contributed by atoms with van der Waals surface area (Å²) in [6, 6.07) is 4.94. The molecule has 3 rings (SSSR count). The van der Waals surface area contributed by atoms with E-state index in [1.165, 1.54) is 16.4 Å². The van der Waals surface area contributed by atoms with Crippen LogP contribution >= 0.6 is 0 Å². The van der Waals surface area contributed by atoms with E-state index in [1.54, 1.807) is 0 Å². The Balaban J connectivity index is 1.74. The number of amides is 1. The summed E-state index contributed by atoms with van der Waals surface area (Å²) in [5.41, 5.74) is 0. The van der Waals surface area contributed by atoms with E-state index < -0.39 is 15.8 Å². The summed E-state index contributed by atoms with van der Waals surface area (Å²) in [4.78, 5) is 14.8. The lowest BCUT2D eigenvalue weighted by Crippen LogP contribution is -2.55. The zero-order valence-corrected chi connectivity index (χ0v) is 15.1. The van der Waals surface area contributed by atoms with Gasteiger partial charge < -0.3 is 10.2 Å². The molecular weight excluding hydrogens is 345 g/mol. The predicted octanol–water partition coefficient (Wildman–Crippen LogP) is 1.05. The molecule has 2 fully saturated rings. The number of hydrogen-bond acceptors (Lipinski definition) is 4. The summed E-state index contributed by atoms with van der Waals surface area (Å²) < 4.78 is 40.0. The van der Waals surface area contributed by atoms with Gasteiger partial charge in [0, 0.05) is 38.8 Å². The third-order valence-electron chi connectivity index (χ3n) is 4.97. The van der Waals surface area contributed by atoms with Gasteiger partial charge in [0.1, 0.15) is 5.82 Å². The summed E-state index contributed by atoms with van der Waals surface area (Å²) in [5.74, 6) is -0.754. The molecule has 2 heterocycles. The minimum atomic E-state index is -3.71. The van der Waals surface area contributed by atoms with Crippen LogP contribution in [0.2, 0.25) is 0 Å². The lowest BCUT2D eigenvalue weighted by Gasteiger charge is -2.39. The molecule has 2 atom stereocenters. The molecule has 2 unspecified atom stereocenters. The second-order valence-electron chi connectivity index (χ2n) is 6.74. The number of piperazine rings is 1. The fourth-order valence-corrected chi connectivity index (χ4v) is 5.04. The molecule has 0 spiro atoms. The Morgan fingerprint density at radius 1 is 1.24 bits per heavy atom. The molecule has 25 heavy (non-hydrogen) atoms. The fourth-order valence-electron chi connectivity index (χ4n) is 3.52. The zero-order valence-electron chi connectivity index (χ0n) is 14.3. The first-order valence-corrected chi connectivity index (χ1v) is 10.1. The summed E-state index contributed by atoms with van der Waals surface area (Å²) in [5, 5.41) is 3.25. The van der Waals surface area contributed by atoms with E-state index in [2.05, 4.69) is 5.32 Å². The number of hydrogen-bond donors (Lipinski definition) is 1. The van der Waals surface area contributed by atoms with E-state index in [4.69, 9.17) is 0 Å². The van der Waals surface area contributed by atoms with Crippen LogP contribution in [0.15, 0.2) is 29.2 Å². The topological polar surface area (TPSA) is 69.7 Å². The van der Waals surface area contributed by atoms with Gasteiger partial charge in [0.25, 0.3) is 0 Å². The number of carbonyl (C=O) groups is 1. The largest absolute Gasteiger partial charge is 0.337 e. The number of nitrogens with zero attached hydrogens (tertiary/aromatic N) is 2. The molecule has 2 saturated heterocycles. The smallest absolute Gasteiger partial charge is 0.243 e. The van der Waals surface area contributed by atoms with E-state index in [1.807, 2.05) is 11.8 Å². The average molecular weight is 369 g/mol. The van der Waals surface area contributed by atoms with Gasteiger partial charge in [-0.1, -0.05) is 0 Å². The van der Waals surface area contributed by atoms with Crippen molar-refractivity contribution in [1.29, 1.82) is 0 Å². The van der Waals surface area contributed by atoms with Crippen molar-refractivity contribution < 1.29 is 17.6 Å². The highest BCUT2D eigenvalue weighted by molar-refractivity contribution is 7.89. The predicted molar refractivity (Wildman–Crippen MR) is 91.9 cm³/mol. The Kier molecular flexibility index (Phi) is 5.41. The maximum atomic E-state index is 13.1. The molecule has 1 N–H and O–H groups in total. The zero-order chi connectivity index (χ0) is 18.0. The van der Waals surface area contributed by atoms with E-state index in [0.717, 1.165) is 25.2 Å². The van der Waals surface area contributed by atoms with Gasteiger partial charge in [-0.25, -0.2) is 12.8 Å². The first-order chi connectivity index (χ1) is 11.9. The van der Waals surface area contributed by atoms with Crippen LogP contribution in [-0.4, -0.2) is 62.3 Å². The molecule has 0 aromatic heterocycles. The number of benzene rings is 1. The van der Waals surface area contributed by atoms with Crippen LogP contribution in [0, 0.1) is 11.7 Å². The Morgan fingerprint density at radius 2 is 1.96 bits per heavy atom. The SMILES string of the molecule is CC1CNCCN1C(=O)C1CCCN(S(=O)(=O)c2ccc(F)cc2)C1. The summed E-state index contributed by atoms with van der Waals surface area (Å²) in [6.07, 6.45) is 1.35. The third kappa shape index (κ3) is 3.86. The van der Waals surface area contributed by atoms with E-state index in [-0.39, 0.29) is 29.3 Å². The van der Waals surface area contributed by atoms with Crippen molar-refractivity contribution in [3.05, 3.63) is 30.1 Å². The molecule has 0 aliphatic carbocycles. The lowest BCUT2D eigenvalue weighted by atomic mass is 9.97. The maximum Gasteiger partial charge on any atom is 0.243 e. The minimum Gasteiger partial charge on any atom is -0.337 e. The monoisotopic (exact) mass is 369 g/mol. The highest BCUT2D eigenvalue weighted by Gasteiger charge is 2.36. The Hall–Kier alpha value is -1.51. The molecule has 1 amide bonds. The molecule has 1 aromatic carbocycles. The maximum absolute atomic E-state index is 13.1.